The van der Waals surface area contributed by atoms with Crippen LogP contribution in [-0.4, -0.2) is 39.7 Å². The third kappa shape index (κ3) is 2.49. The van der Waals surface area contributed by atoms with Crippen molar-refractivity contribution in [1.29, 1.82) is 0 Å². The normalized spacial score (nSPS) is 33.0. The molecule has 5 heteroatoms. The van der Waals surface area contributed by atoms with Gasteiger partial charge in [-0.05, 0) is 45.1 Å². The maximum Gasteiger partial charge on any atom is 0.240 e. The van der Waals surface area contributed by atoms with Crippen molar-refractivity contribution in [2.75, 3.05) is 6.54 Å². The van der Waals surface area contributed by atoms with Crippen LogP contribution in [0.3, 0.4) is 0 Å². The number of fused-ring (bicyclic) bond motifs is 2. The van der Waals surface area contributed by atoms with Crippen molar-refractivity contribution < 1.29 is 4.52 Å². The highest BCUT2D eigenvalue weighted by Gasteiger charge is 2.36. The fourth-order valence-electron chi connectivity index (χ4n) is 3.84. The summed E-state index contributed by atoms with van der Waals surface area (Å²) in [4.78, 5) is 7.10. The number of nitrogens with zero attached hydrogens (tertiary/aromatic N) is 3. The van der Waals surface area contributed by atoms with Gasteiger partial charge in [-0.1, -0.05) is 12.1 Å². The maximum atomic E-state index is 5.44. The van der Waals surface area contributed by atoms with E-state index in [2.05, 4.69) is 27.3 Å². The zero-order valence-electron chi connectivity index (χ0n) is 12.2. The number of piperidine rings is 1. The second kappa shape index (κ2) is 5.11. The van der Waals surface area contributed by atoms with E-state index >= 15 is 0 Å². The van der Waals surface area contributed by atoms with Crippen LogP contribution >= 0.6 is 0 Å². The fraction of sp³-hybridized carbons (Fsp3) is 0.867. The summed E-state index contributed by atoms with van der Waals surface area (Å²) in [5.74, 6) is 2.32. The minimum Gasteiger partial charge on any atom is -0.338 e. The summed E-state index contributed by atoms with van der Waals surface area (Å²) in [7, 11) is 0. The number of hydrogen-bond acceptors (Lipinski definition) is 5. The van der Waals surface area contributed by atoms with Crippen LogP contribution < -0.4 is 5.32 Å². The molecule has 1 N–H and O–H groups in total. The van der Waals surface area contributed by atoms with E-state index in [1.54, 1.807) is 0 Å². The first kappa shape index (κ1) is 12.8. The summed E-state index contributed by atoms with van der Waals surface area (Å²) in [6, 6.07) is 2.14. The van der Waals surface area contributed by atoms with Gasteiger partial charge in [-0.2, -0.15) is 4.98 Å². The first-order chi connectivity index (χ1) is 9.81. The molecule has 3 heterocycles. The average molecular weight is 276 g/mol. The lowest BCUT2D eigenvalue weighted by Crippen LogP contribution is -2.47. The fourth-order valence-corrected chi connectivity index (χ4v) is 3.84. The summed E-state index contributed by atoms with van der Waals surface area (Å²) in [5, 5.41) is 7.84. The molecule has 5 nitrogen and oxygen atoms in total. The Kier molecular flexibility index (Phi) is 3.27. The predicted molar refractivity (Wildman–Crippen MR) is 75.3 cm³/mol. The number of hydrogen-bond donors (Lipinski definition) is 1. The van der Waals surface area contributed by atoms with Crippen molar-refractivity contribution in [3.05, 3.63) is 11.7 Å². The van der Waals surface area contributed by atoms with Gasteiger partial charge >= 0.3 is 0 Å². The van der Waals surface area contributed by atoms with Gasteiger partial charge in [-0.15, -0.1) is 0 Å². The standard InChI is InChI=1S/C15H24N4O/c1-2-19(13-7-11-5-6-12(8-13)16-11)9-14-17-15(18-20-14)10-3-4-10/h10-13,16H,2-9H2,1H3. The molecule has 2 aliphatic heterocycles. The van der Waals surface area contributed by atoms with Crippen LogP contribution in [0.5, 0.6) is 0 Å². The van der Waals surface area contributed by atoms with Crippen LogP contribution in [0.4, 0.5) is 0 Å². The van der Waals surface area contributed by atoms with Crippen molar-refractivity contribution in [2.24, 2.45) is 0 Å². The van der Waals surface area contributed by atoms with E-state index in [0.29, 0.717) is 12.0 Å². The highest BCUT2D eigenvalue weighted by Crippen LogP contribution is 2.38. The largest absolute Gasteiger partial charge is 0.338 e. The summed E-state index contributed by atoms with van der Waals surface area (Å²) in [6.07, 6.45) is 7.71. The van der Waals surface area contributed by atoms with Crippen LogP contribution in [0, 0.1) is 0 Å². The monoisotopic (exact) mass is 276 g/mol. The van der Waals surface area contributed by atoms with Gasteiger partial charge in [0, 0.05) is 24.0 Å². The topological polar surface area (TPSA) is 54.2 Å². The molecule has 0 radical (unpaired) electrons. The van der Waals surface area contributed by atoms with Crippen LogP contribution in [0.25, 0.3) is 0 Å². The first-order valence-electron chi connectivity index (χ1n) is 8.14. The molecule has 2 saturated heterocycles. The zero-order valence-corrected chi connectivity index (χ0v) is 12.2. The van der Waals surface area contributed by atoms with Gasteiger partial charge in [0.15, 0.2) is 5.82 Å². The van der Waals surface area contributed by atoms with Crippen LogP contribution in [0.1, 0.15) is 63.1 Å². The maximum absolute atomic E-state index is 5.44. The Labute approximate surface area is 120 Å². The summed E-state index contributed by atoms with van der Waals surface area (Å²) < 4.78 is 5.44. The number of nitrogens with one attached hydrogen (secondary N) is 1. The quantitative estimate of drug-likeness (QED) is 0.892. The molecule has 1 aliphatic carbocycles. The Balaban J connectivity index is 1.41. The van der Waals surface area contributed by atoms with Gasteiger partial charge in [0.1, 0.15) is 0 Å². The average Bonchev–Trinajstić information content (AvgIpc) is 3.13. The molecular weight excluding hydrogens is 252 g/mol. The van der Waals surface area contributed by atoms with Gasteiger partial charge in [-0.3, -0.25) is 4.90 Å². The first-order valence-corrected chi connectivity index (χ1v) is 8.14. The van der Waals surface area contributed by atoms with E-state index in [-0.39, 0.29) is 0 Å². The molecule has 3 aliphatic rings. The Morgan fingerprint density at radius 2 is 1.95 bits per heavy atom. The Morgan fingerprint density at radius 3 is 2.60 bits per heavy atom. The van der Waals surface area contributed by atoms with Gasteiger partial charge in [0.05, 0.1) is 6.54 Å². The molecule has 0 amide bonds. The Morgan fingerprint density at radius 1 is 1.20 bits per heavy atom. The van der Waals surface area contributed by atoms with Crippen molar-refractivity contribution in [1.82, 2.24) is 20.4 Å². The summed E-state index contributed by atoms with van der Waals surface area (Å²) in [6.45, 7) is 4.12. The summed E-state index contributed by atoms with van der Waals surface area (Å²) >= 11 is 0. The number of aromatic nitrogens is 2. The molecule has 2 bridgehead atoms. The number of rotatable bonds is 5. The molecule has 0 spiro atoms. The molecule has 20 heavy (non-hydrogen) atoms. The van der Waals surface area contributed by atoms with Crippen LogP contribution in [0.15, 0.2) is 4.52 Å². The molecule has 3 fully saturated rings. The van der Waals surface area contributed by atoms with E-state index in [1.807, 2.05) is 0 Å². The van der Waals surface area contributed by atoms with E-state index in [4.69, 9.17) is 4.52 Å². The summed E-state index contributed by atoms with van der Waals surface area (Å²) in [5.41, 5.74) is 0. The lowest BCUT2D eigenvalue weighted by atomic mass is 9.98. The smallest absolute Gasteiger partial charge is 0.240 e. The zero-order chi connectivity index (χ0) is 13.5. The van der Waals surface area contributed by atoms with Gasteiger partial charge in [0.25, 0.3) is 0 Å². The molecule has 4 rings (SSSR count). The second-order valence-corrected chi connectivity index (χ2v) is 6.65. The molecule has 2 unspecified atom stereocenters. The molecule has 1 aromatic heterocycles. The van der Waals surface area contributed by atoms with E-state index in [9.17, 15) is 0 Å². The van der Waals surface area contributed by atoms with Crippen LogP contribution in [-0.2, 0) is 6.54 Å². The highest BCUT2D eigenvalue weighted by molar-refractivity contribution is 5.03. The molecule has 110 valence electrons. The van der Waals surface area contributed by atoms with Gasteiger partial charge < -0.3 is 9.84 Å². The SMILES string of the molecule is CCN(Cc1nc(C2CC2)no1)C1CC2CCC(C1)N2. The van der Waals surface area contributed by atoms with Crippen molar-refractivity contribution in [3.8, 4) is 0 Å². The minimum absolute atomic E-state index is 0.581. The molecule has 0 aromatic carbocycles. The lowest BCUT2D eigenvalue weighted by molar-refractivity contribution is 0.126. The van der Waals surface area contributed by atoms with Crippen LogP contribution in [0.2, 0.25) is 0 Å². The van der Waals surface area contributed by atoms with Crippen molar-refractivity contribution in [3.63, 3.8) is 0 Å². The Bertz CT molecular complexity index is 458. The molecular formula is C15H24N4O. The van der Waals surface area contributed by atoms with E-state index in [0.717, 1.165) is 36.9 Å². The van der Waals surface area contributed by atoms with Gasteiger partial charge in [-0.25, -0.2) is 0 Å². The van der Waals surface area contributed by atoms with Gasteiger partial charge in [0.2, 0.25) is 5.89 Å². The van der Waals surface area contributed by atoms with E-state index < -0.39 is 0 Å². The van der Waals surface area contributed by atoms with Crippen molar-refractivity contribution >= 4 is 0 Å². The van der Waals surface area contributed by atoms with E-state index in [1.165, 1.54) is 38.5 Å². The molecule has 1 aromatic rings. The third-order valence-corrected chi connectivity index (χ3v) is 5.14. The van der Waals surface area contributed by atoms with Crippen molar-refractivity contribution in [2.45, 2.75) is 76.0 Å². The molecule has 2 atom stereocenters. The predicted octanol–water partition coefficient (Wildman–Crippen LogP) is 2.05. The second-order valence-electron chi connectivity index (χ2n) is 6.65. The lowest BCUT2D eigenvalue weighted by Gasteiger charge is -2.36. The molecule has 1 saturated carbocycles. The Hall–Kier alpha value is -0.940. The highest BCUT2D eigenvalue weighted by atomic mass is 16.5. The third-order valence-electron chi connectivity index (χ3n) is 5.14. The minimum atomic E-state index is 0.581.